The van der Waals surface area contributed by atoms with Crippen molar-refractivity contribution < 1.29 is 4.74 Å². The molecule has 0 bridgehead atoms. The van der Waals surface area contributed by atoms with Crippen LogP contribution in [0.5, 0.6) is 0 Å². The normalized spacial score (nSPS) is 19.8. The van der Waals surface area contributed by atoms with E-state index in [9.17, 15) is 0 Å². The molecule has 90 valence electrons. The molecule has 1 fully saturated rings. The maximum Gasteiger partial charge on any atom is 0.161 e. The highest BCUT2D eigenvalue weighted by Gasteiger charge is 2.20. The van der Waals surface area contributed by atoms with Gasteiger partial charge in [-0.1, -0.05) is 0 Å². The number of aromatic nitrogens is 1. The number of morpholine rings is 1. The Balaban J connectivity index is 2.10. The fraction of sp³-hybridized carbons (Fsp3) is 0.500. The van der Waals surface area contributed by atoms with Crippen LogP contribution >= 0.6 is 0 Å². The number of hydrogen-bond acceptors (Lipinski definition) is 5. The Bertz CT molecular complexity index is 415. The molecule has 1 aliphatic heterocycles. The standard InChI is InChI=1S/C12H16N4O/c1-2-15-10-5-11(8-14-7-10)16-3-4-17-12(6-13)9-16/h5,7-8,12,15H,2-4,9H2,1H3. The molecule has 5 heteroatoms. The van der Waals surface area contributed by atoms with Gasteiger partial charge in [-0.2, -0.15) is 5.26 Å². The van der Waals surface area contributed by atoms with E-state index < -0.39 is 0 Å². The van der Waals surface area contributed by atoms with E-state index in [0.29, 0.717) is 13.2 Å². The number of hydrogen-bond donors (Lipinski definition) is 1. The quantitative estimate of drug-likeness (QED) is 0.849. The first kappa shape index (κ1) is 11.7. The van der Waals surface area contributed by atoms with Gasteiger partial charge in [0.15, 0.2) is 6.10 Å². The second-order valence-corrected chi connectivity index (χ2v) is 3.90. The number of nitrogens with zero attached hydrogens (tertiary/aromatic N) is 3. The average molecular weight is 232 g/mol. The van der Waals surface area contributed by atoms with Gasteiger partial charge in [-0.15, -0.1) is 0 Å². The van der Waals surface area contributed by atoms with Crippen molar-refractivity contribution in [2.75, 3.05) is 36.5 Å². The zero-order valence-electron chi connectivity index (χ0n) is 9.89. The molecule has 2 heterocycles. The monoisotopic (exact) mass is 232 g/mol. The van der Waals surface area contributed by atoms with E-state index in [4.69, 9.17) is 10.00 Å². The Kier molecular flexibility index (Phi) is 3.78. The largest absolute Gasteiger partial charge is 0.384 e. The number of pyridine rings is 1. The zero-order valence-corrected chi connectivity index (χ0v) is 9.89. The molecule has 0 aliphatic carbocycles. The van der Waals surface area contributed by atoms with Crippen molar-refractivity contribution in [3.05, 3.63) is 18.5 Å². The van der Waals surface area contributed by atoms with Gasteiger partial charge < -0.3 is 15.0 Å². The van der Waals surface area contributed by atoms with Crippen molar-refractivity contribution in [2.24, 2.45) is 0 Å². The fourth-order valence-corrected chi connectivity index (χ4v) is 1.86. The minimum Gasteiger partial charge on any atom is -0.384 e. The van der Waals surface area contributed by atoms with Gasteiger partial charge in [0.25, 0.3) is 0 Å². The third kappa shape index (κ3) is 2.86. The molecule has 0 radical (unpaired) electrons. The summed E-state index contributed by atoms with van der Waals surface area (Å²) < 4.78 is 5.32. The van der Waals surface area contributed by atoms with Gasteiger partial charge in [0.05, 0.1) is 43.0 Å². The maximum atomic E-state index is 8.86. The van der Waals surface area contributed by atoms with Gasteiger partial charge in [-0.25, -0.2) is 0 Å². The highest BCUT2D eigenvalue weighted by atomic mass is 16.5. The molecule has 0 spiro atoms. The molecule has 5 nitrogen and oxygen atoms in total. The Hall–Kier alpha value is -1.80. The van der Waals surface area contributed by atoms with Crippen LogP contribution in [-0.2, 0) is 4.74 Å². The molecule has 1 N–H and O–H groups in total. The van der Waals surface area contributed by atoms with Crippen LogP contribution in [0.15, 0.2) is 18.5 Å². The number of nitrogens with one attached hydrogen (secondary N) is 1. The van der Waals surface area contributed by atoms with Crippen molar-refractivity contribution in [2.45, 2.75) is 13.0 Å². The predicted octanol–water partition coefficient (Wildman–Crippen LogP) is 1.24. The van der Waals surface area contributed by atoms with E-state index in [0.717, 1.165) is 24.5 Å². The van der Waals surface area contributed by atoms with Crippen molar-refractivity contribution in [1.82, 2.24) is 4.98 Å². The minimum atomic E-state index is -0.341. The van der Waals surface area contributed by atoms with Gasteiger partial charge in [0.2, 0.25) is 0 Å². The fourth-order valence-electron chi connectivity index (χ4n) is 1.86. The molecule has 2 rings (SSSR count). The van der Waals surface area contributed by atoms with E-state index in [2.05, 4.69) is 27.3 Å². The highest BCUT2D eigenvalue weighted by molar-refractivity contribution is 5.55. The number of anilines is 2. The van der Waals surface area contributed by atoms with Gasteiger partial charge >= 0.3 is 0 Å². The van der Waals surface area contributed by atoms with Gasteiger partial charge in [0, 0.05) is 13.1 Å². The van der Waals surface area contributed by atoms with E-state index in [1.165, 1.54) is 0 Å². The lowest BCUT2D eigenvalue weighted by Gasteiger charge is -2.31. The lowest BCUT2D eigenvalue weighted by Crippen LogP contribution is -2.41. The first-order valence-corrected chi connectivity index (χ1v) is 5.78. The van der Waals surface area contributed by atoms with Crippen molar-refractivity contribution in [3.63, 3.8) is 0 Å². The summed E-state index contributed by atoms with van der Waals surface area (Å²) in [5, 5.41) is 12.1. The summed E-state index contributed by atoms with van der Waals surface area (Å²) in [4.78, 5) is 6.33. The molecule has 1 unspecified atom stereocenters. The summed E-state index contributed by atoms with van der Waals surface area (Å²) in [5.41, 5.74) is 2.04. The maximum absolute atomic E-state index is 8.86. The summed E-state index contributed by atoms with van der Waals surface area (Å²) >= 11 is 0. The second kappa shape index (κ2) is 5.51. The van der Waals surface area contributed by atoms with Crippen LogP contribution in [0.3, 0.4) is 0 Å². The molecule has 0 saturated carbocycles. The van der Waals surface area contributed by atoms with Crippen LogP contribution in [0.2, 0.25) is 0 Å². The number of ether oxygens (including phenoxy) is 1. The first-order valence-electron chi connectivity index (χ1n) is 5.78. The van der Waals surface area contributed by atoms with Crippen molar-refractivity contribution >= 4 is 11.4 Å². The highest BCUT2D eigenvalue weighted by Crippen LogP contribution is 2.20. The van der Waals surface area contributed by atoms with E-state index in [-0.39, 0.29) is 6.10 Å². The van der Waals surface area contributed by atoms with Crippen LogP contribution in [0.25, 0.3) is 0 Å². The summed E-state index contributed by atoms with van der Waals surface area (Å²) in [6.45, 7) is 4.91. The lowest BCUT2D eigenvalue weighted by atomic mass is 10.2. The van der Waals surface area contributed by atoms with Crippen molar-refractivity contribution in [3.8, 4) is 6.07 Å². The molecule has 1 aromatic rings. The van der Waals surface area contributed by atoms with Gasteiger partial charge in [-0.05, 0) is 13.0 Å². The third-order valence-electron chi connectivity index (χ3n) is 2.68. The molecule has 1 saturated heterocycles. The molecular weight excluding hydrogens is 216 g/mol. The zero-order chi connectivity index (χ0) is 12.1. The molecule has 17 heavy (non-hydrogen) atoms. The first-order chi connectivity index (χ1) is 8.33. The molecular formula is C12H16N4O. The Morgan fingerprint density at radius 3 is 3.29 bits per heavy atom. The molecule has 1 aromatic heterocycles. The average Bonchev–Trinajstić information content (AvgIpc) is 2.40. The molecule has 0 amide bonds. The second-order valence-electron chi connectivity index (χ2n) is 3.90. The molecule has 0 aromatic carbocycles. The van der Waals surface area contributed by atoms with E-state index in [1.54, 1.807) is 6.20 Å². The number of nitriles is 1. The van der Waals surface area contributed by atoms with Gasteiger partial charge in [-0.3, -0.25) is 4.98 Å². The summed E-state index contributed by atoms with van der Waals surface area (Å²) in [7, 11) is 0. The van der Waals surface area contributed by atoms with Crippen LogP contribution in [0.1, 0.15) is 6.92 Å². The number of rotatable bonds is 3. The Morgan fingerprint density at radius 2 is 2.53 bits per heavy atom. The topological polar surface area (TPSA) is 61.2 Å². The third-order valence-corrected chi connectivity index (χ3v) is 2.68. The Morgan fingerprint density at radius 1 is 1.65 bits per heavy atom. The lowest BCUT2D eigenvalue weighted by molar-refractivity contribution is 0.0764. The van der Waals surface area contributed by atoms with Crippen molar-refractivity contribution in [1.29, 1.82) is 5.26 Å². The van der Waals surface area contributed by atoms with Crippen LogP contribution in [0.4, 0.5) is 11.4 Å². The SMILES string of the molecule is CCNc1cncc(N2CCOC(C#N)C2)c1. The van der Waals surface area contributed by atoms with Crippen LogP contribution < -0.4 is 10.2 Å². The van der Waals surface area contributed by atoms with Crippen LogP contribution in [-0.4, -0.2) is 37.3 Å². The minimum absolute atomic E-state index is 0.341. The van der Waals surface area contributed by atoms with Gasteiger partial charge in [0.1, 0.15) is 0 Å². The van der Waals surface area contributed by atoms with E-state index in [1.807, 2.05) is 13.1 Å². The van der Waals surface area contributed by atoms with Crippen LogP contribution in [0, 0.1) is 11.3 Å². The summed E-state index contributed by atoms with van der Waals surface area (Å²) in [6, 6.07) is 4.20. The smallest absolute Gasteiger partial charge is 0.161 e. The Labute approximate surface area is 101 Å². The molecule has 1 atom stereocenters. The predicted molar refractivity (Wildman–Crippen MR) is 66.0 cm³/mol. The molecule has 1 aliphatic rings. The summed E-state index contributed by atoms with van der Waals surface area (Å²) in [5.74, 6) is 0. The summed E-state index contributed by atoms with van der Waals surface area (Å²) in [6.07, 6.45) is 3.28. The van der Waals surface area contributed by atoms with E-state index >= 15 is 0 Å².